The highest BCUT2D eigenvalue weighted by Crippen LogP contribution is 2.26. The summed E-state index contributed by atoms with van der Waals surface area (Å²) in [6, 6.07) is 14.4. The fourth-order valence-corrected chi connectivity index (χ4v) is 3.33. The molecule has 2 aromatic heterocycles. The van der Waals surface area contributed by atoms with Crippen LogP contribution in [0.1, 0.15) is 18.2 Å². The number of allylic oxidation sites excluding steroid dienone is 1. The average molecular weight is 406 g/mol. The molecule has 0 aliphatic rings. The molecule has 0 spiro atoms. The van der Waals surface area contributed by atoms with Crippen LogP contribution in [-0.4, -0.2) is 58.1 Å². The smallest absolute Gasteiger partial charge is 0.138 e. The van der Waals surface area contributed by atoms with Crippen LogP contribution >= 0.6 is 0 Å². The molecule has 2 heterocycles. The van der Waals surface area contributed by atoms with Crippen LogP contribution in [-0.2, 0) is 6.54 Å². The molecule has 0 atom stereocenters. The number of rotatable bonds is 10. The molecule has 3 rings (SSSR count). The molecule has 0 saturated carbocycles. The second-order valence-corrected chi connectivity index (χ2v) is 7.60. The number of likely N-dealkylation sites (N-methyl/N-ethyl adjacent to an activating group) is 2. The van der Waals surface area contributed by atoms with Crippen molar-refractivity contribution in [3.8, 4) is 11.3 Å². The minimum atomic E-state index is 0.434. The molecular formula is C24H31N5O. The number of pyridine rings is 1. The highest BCUT2D eigenvalue weighted by atomic mass is 16.5. The summed E-state index contributed by atoms with van der Waals surface area (Å²) in [7, 11) is 4.21. The van der Waals surface area contributed by atoms with Crippen molar-refractivity contribution in [2.75, 3.05) is 33.7 Å². The van der Waals surface area contributed by atoms with Crippen LogP contribution in [0.4, 0.5) is 0 Å². The van der Waals surface area contributed by atoms with Crippen molar-refractivity contribution in [2.24, 2.45) is 0 Å². The number of imidazole rings is 1. The van der Waals surface area contributed by atoms with E-state index in [2.05, 4.69) is 72.3 Å². The summed E-state index contributed by atoms with van der Waals surface area (Å²) >= 11 is 0. The van der Waals surface area contributed by atoms with E-state index in [1.54, 1.807) is 6.08 Å². The first-order valence-corrected chi connectivity index (χ1v) is 10.2. The van der Waals surface area contributed by atoms with Gasteiger partial charge in [0.1, 0.15) is 5.65 Å². The van der Waals surface area contributed by atoms with Crippen LogP contribution in [0.3, 0.4) is 0 Å². The third-order valence-electron chi connectivity index (χ3n) is 5.10. The quantitative estimate of drug-likeness (QED) is 0.396. The van der Waals surface area contributed by atoms with Crippen molar-refractivity contribution in [2.45, 2.75) is 13.5 Å². The summed E-state index contributed by atoms with van der Waals surface area (Å²) in [5.41, 5.74) is 7.70. The van der Waals surface area contributed by atoms with Gasteiger partial charge in [0, 0.05) is 31.4 Å². The average Bonchev–Trinajstić information content (AvgIpc) is 3.12. The Bertz CT molecular complexity index is 1010. The van der Waals surface area contributed by atoms with Gasteiger partial charge in [0.25, 0.3) is 0 Å². The predicted molar refractivity (Wildman–Crippen MR) is 123 cm³/mol. The minimum absolute atomic E-state index is 0.434. The van der Waals surface area contributed by atoms with Gasteiger partial charge in [-0.05, 0) is 44.4 Å². The fraction of sp³-hybridized carbons (Fsp3) is 0.292. The molecule has 158 valence electrons. The molecule has 6 heteroatoms. The first-order valence-electron chi connectivity index (χ1n) is 10.2. The van der Waals surface area contributed by atoms with Crippen molar-refractivity contribution in [1.29, 1.82) is 0 Å². The van der Waals surface area contributed by atoms with Crippen molar-refractivity contribution in [3.05, 3.63) is 78.3 Å². The minimum Gasteiger partial charge on any atom is -0.308 e. The maximum atomic E-state index is 8.91. The zero-order valence-corrected chi connectivity index (χ0v) is 18.0. The standard InChI is InChI=1S/C24H31N5O/c1-5-28(16-15-27(3)4)18-22-24(21-9-7-6-8-10-21)25-23-17-20(13-14-29(22)23)12-11-19(2)26-30/h6-14,17,26,30H,2,5,15-16,18H2,1,3-4H3/b12-11+. The van der Waals surface area contributed by atoms with Gasteiger partial charge in [-0.25, -0.2) is 4.98 Å². The lowest BCUT2D eigenvalue weighted by Crippen LogP contribution is -2.31. The van der Waals surface area contributed by atoms with Crippen LogP contribution in [0.2, 0.25) is 0 Å². The molecule has 0 aliphatic heterocycles. The SMILES string of the molecule is C=C(/C=C/c1ccn2c(CN(CC)CCN(C)C)c(-c3ccccc3)nc2c1)NO. The van der Waals surface area contributed by atoms with E-state index in [0.29, 0.717) is 5.70 Å². The molecule has 0 aliphatic carbocycles. The fourth-order valence-electron chi connectivity index (χ4n) is 3.33. The second kappa shape index (κ2) is 10.2. The van der Waals surface area contributed by atoms with Gasteiger partial charge in [-0.3, -0.25) is 15.6 Å². The number of nitrogens with zero attached hydrogens (tertiary/aromatic N) is 4. The number of fused-ring (bicyclic) bond motifs is 1. The topological polar surface area (TPSA) is 56.0 Å². The highest BCUT2D eigenvalue weighted by Gasteiger charge is 2.17. The summed E-state index contributed by atoms with van der Waals surface area (Å²) in [5.74, 6) is 0. The number of benzene rings is 1. The van der Waals surface area contributed by atoms with Crippen LogP contribution < -0.4 is 5.48 Å². The monoisotopic (exact) mass is 405 g/mol. The molecule has 0 fully saturated rings. The Morgan fingerprint density at radius 1 is 1.20 bits per heavy atom. The number of hydrogen-bond donors (Lipinski definition) is 2. The number of aromatic nitrogens is 2. The van der Waals surface area contributed by atoms with E-state index in [4.69, 9.17) is 10.2 Å². The van der Waals surface area contributed by atoms with Crippen molar-refractivity contribution in [1.82, 2.24) is 24.7 Å². The molecular weight excluding hydrogens is 374 g/mol. The van der Waals surface area contributed by atoms with Gasteiger partial charge in [0.15, 0.2) is 0 Å². The molecule has 30 heavy (non-hydrogen) atoms. The Balaban J connectivity index is 2.01. The van der Waals surface area contributed by atoms with E-state index in [1.165, 1.54) is 5.69 Å². The maximum absolute atomic E-state index is 8.91. The zero-order chi connectivity index (χ0) is 21.5. The number of nitrogens with one attached hydrogen (secondary N) is 1. The summed E-state index contributed by atoms with van der Waals surface area (Å²) in [6.45, 7) is 9.73. The van der Waals surface area contributed by atoms with Gasteiger partial charge in [0.2, 0.25) is 0 Å². The maximum Gasteiger partial charge on any atom is 0.138 e. The molecule has 0 radical (unpaired) electrons. The van der Waals surface area contributed by atoms with E-state index in [1.807, 2.05) is 29.8 Å². The van der Waals surface area contributed by atoms with Gasteiger partial charge < -0.3 is 9.30 Å². The Kier molecular flexibility index (Phi) is 7.41. The molecule has 0 saturated heterocycles. The van der Waals surface area contributed by atoms with E-state index < -0.39 is 0 Å². The van der Waals surface area contributed by atoms with Crippen LogP contribution in [0.5, 0.6) is 0 Å². The van der Waals surface area contributed by atoms with Crippen molar-refractivity contribution in [3.63, 3.8) is 0 Å². The Morgan fingerprint density at radius 2 is 1.97 bits per heavy atom. The Hall–Kier alpha value is -2.93. The largest absolute Gasteiger partial charge is 0.308 e. The molecule has 6 nitrogen and oxygen atoms in total. The Morgan fingerprint density at radius 3 is 2.63 bits per heavy atom. The lowest BCUT2D eigenvalue weighted by Gasteiger charge is -2.23. The molecule has 0 unspecified atom stereocenters. The first-order chi connectivity index (χ1) is 14.5. The van der Waals surface area contributed by atoms with Gasteiger partial charge in [-0.15, -0.1) is 0 Å². The van der Waals surface area contributed by atoms with Gasteiger partial charge in [0.05, 0.1) is 17.1 Å². The van der Waals surface area contributed by atoms with Crippen LogP contribution in [0, 0.1) is 0 Å². The van der Waals surface area contributed by atoms with Crippen LogP contribution in [0.15, 0.2) is 67.0 Å². The summed E-state index contributed by atoms with van der Waals surface area (Å²) in [6.07, 6.45) is 5.70. The zero-order valence-electron chi connectivity index (χ0n) is 18.0. The van der Waals surface area contributed by atoms with E-state index in [9.17, 15) is 0 Å². The van der Waals surface area contributed by atoms with E-state index >= 15 is 0 Å². The molecule has 0 bridgehead atoms. The summed E-state index contributed by atoms with van der Waals surface area (Å²) < 4.78 is 2.18. The lowest BCUT2D eigenvalue weighted by molar-refractivity contribution is 0.205. The third kappa shape index (κ3) is 5.36. The number of hydroxylamine groups is 1. The van der Waals surface area contributed by atoms with Crippen molar-refractivity contribution < 1.29 is 5.21 Å². The molecule has 2 N–H and O–H groups in total. The van der Waals surface area contributed by atoms with Crippen molar-refractivity contribution >= 4 is 11.7 Å². The predicted octanol–water partition coefficient (Wildman–Crippen LogP) is 3.89. The van der Waals surface area contributed by atoms with Crippen LogP contribution in [0.25, 0.3) is 23.0 Å². The van der Waals surface area contributed by atoms with E-state index in [-0.39, 0.29) is 0 Å². The van der Waals surface area contributed by atoms with Gasteiger partial charge >= 0.3 is 0 Å². The third-order valence-corrected chi connectivity index (χ3v) is 5.10. The lowest BCUT2D eigenvalue weighted by atomic mass is 10.1. The summed E-state index contributed by atoms with van der Waals surface area (Å²) in [5, 5.41) is 8.91. The van der Waals surface area contributed by atoms with Gasteiger partial charge in [-0.2, -0.15) is 0 Å². The van der Waals surface area contributed by atoms with Gasteiger partial charge in [-0.1, -0.05) is 49.9 Å². The molecule has 1 aromatic carbocycles. The molecule has 0 amide bonds. The molecule has 3 aromatic rings. The van der Waals surface area contributed by atoms with E-state index in [0.717, 1.165) is 48.6 Å². The number of hydrogen-bond acceptors (Lipinski definition) is 5. The summed E-state index contributed by atoms with van der Waals surface area (Å²) in [4.78, 5) is 9.63. The first kappa shape index (κ1) is 21.8. The second-order valence-electron chi connectivity index (χ2n) is 7.60. The Labute approximate surface area is 178 Å². The normalized spacial score (nSPS) is 11.8. The highest BCUT2D eigenvalue weighted by molar-refractivity contribution is 5.68.